The lowest BCUT2D eigenvalue weighted by Crippen LogP contribution is -2.41. The third-order valence-electron chi connectivity index (χ3n) is 4.56. The Kier molecular flexibility index (Phi) is 5.06. The van der Waals surface area contributed by atoms with Crippen molar-refractivity contribution in [3.8, 4) is 0 Å². The van der Waals surface area contributed by atoms with E-state index in [9.17, 15) is 9.18 Å². The van der Waals surface area contributed by atoms with E-state index in [-0.39, 0.29) is 17.8 Å². The summed E-state index contributed by atoms with van der Waals surface area (Å²) in [6.45, 7) is 0.613. The zero-order chi connectivity index (χ0) is 16.1. The first-order chi connectivity index (χ1) is 11.2. The Hall–Kier alpha value is -2.16. The first-order valence-corrected chi connectivity index (χ1v) is 8.34. The van der Waals surface area contributed by atoms with Crippen molar-refractivity contribution < 1.29 is 9.18 Å². The summed E-state index contributed by atoms with van der Waals surface area (Å²) in [6.07, 6.45) is 5.71. The van der Waals surface area contributed by atoms with Crippen molar-refractivity contribution in [2.24, 2.45) is 0 Å². The molecule has 2 aromatic rings. The maximum absolute atomic E-state index is 13.1. The highest BCUT2D eigenvalue weighted by atomic mass is 19.1. The molecule has 0 bridgehead atoms. The van der Waals surface area contributed by atoms with Crippen molar-refractivity contribution in [3.63, 3.8) is 0 Å². The lowest BCUT2D eigenvalue weighted by Gasteiger charge is -2.34. The Balaban J connectivity index is 1.84. The van der Waals surface area contributed by atoms with Gasteiger partial charge in [-0.1, -0.05) is 49.6 Å². The molecule has 0 spiro atoms. The monoisotopic (exact) mass is 311 g/mol. The summed E-state index contributed by atoms with van der Waals surface area (Å²) >= 11 is 0. The van der Waals surface area contributed by atoms with E-state index in [1.54, 1.807) is 12.1 Å². The van der Waals surface area contributed by atoms with Crippen LogP contribution in [0.4, 0.5) is 4.39 Å². The molecule has 3 heteroatoms. The summed E-state index contributed by atoms with van der Waals surface area (Å²) < 4.78 is 13.1. The van der Waals surface area contributed by atoms with Crippen LogP contribution in [0.15, 0.2) is 54.6 Å². The molecule has 2 nitrogen and oxygen atoms in total. The van der Waals surface area contributed by atoms with Gasteiger partial charge in [-0.25, -0.2) is 4.39 Å². The molecular formula is C20H22FNO. The molecule has 1 fully saturated rings. The van der Waals surface area contributed by atoms with Crippen LogP contribution >= 0.6 is 0 Å². The van der Waals surface area contributed by atoms with Gasteiger partial charge in [0.1, 0.15) is 5.82 Å². The second-order valence-corrected chi connectivity index (χ2v) is 6.22. The van der Waals surface area contributed by atoms with Gasteiger partial charge in [0.15, 0.2) is 0 Å². The number of halogens is 1. The van der Waals surface area contributed by atoms with Crippen LogP contribution in [0.2, 0.25) is 0 Å². The molecule has 0 radical (unpaired) electrons. The quantitative estimate of drug-likeness (QED) is 0.794. The fourth-order valence-corrected chi connectivity index (χ4v) is 3.30. The molecule has 1 saturated carbocycles. The van der Waals surface area contributed by atoms with Crippen molar-refractivity contribution >= 4 is 5.91 Å². The van der Waals surface area contributed by atoms with Gasteiger partial charge >= 0.3 is 0 Å². The van der Waals surface area contributed by atoms with E-state index in [2.05, 4.69) is 0 Å². The number of hydrogen-bond acceptors (Lipinski definition) is 1. The topological polar surface area (TPSA) is 20.3 Å². The smallest absolute Gasteiger partial charge is 0.254 e. The predicted octanol–water partition coefficient (Wildman–Crippen LogP) is 4.80. The Bertz CT molecular complexity index is 632. The largest absolute Gasteiger partial charge is 0.331 e. The highest BCUT2D eigenvalue weighted by Gasteiger charge is 2.26. The first kappa shape index (κ1) is 15.7. The number of rotatable bonds is 4. The fourth-order valence-electron chi connectivity index (χ4n) is 3.30. The third kappa shape index (κ3) is 3.98. The molecule has 0 saturated heterocycles. The lowest BCUT2D eigenvalue weighted by atomic mass is 9.93. The molecule has 1 aliphatic rings. The van der Waals surface area contributed by atoms with Gasteiger partial charge in [0.2, 0.25) is 0 Å². The van der Waals surface area contributed by atoms with Gasteiger partial charge in [-0.15, -0.1) is 0 Å². The van der Waals surface area contributed by atoms with E-state index < -0.39 is 0 Å². The third-order valence-corrected chi connectivity index (χ3v) is 4.56. The number of carbonyl (C=O) groups excluding carboxylic acids is 1. The van der Waals surface area contributed by atoms with Crippen LogP contribution in [0.25, 0.3) is 0 Å². The number of carbonyl (C=O) groups is 1. The average Bonchev–Trinajstić information content (AvgIpc) is 2.61. The minimum Gasteiger partial charge on any atom is -0.331 e. The van der Waals surface area contributed by atoms with Crippen molar-refractivity contribution in [3.05, 3.63) is 71.5 Å². The van der Waals surface area contributed by atoms with Gasteiger partial charge in [-0.3, -0.25) is 4.79 Å². The van der Waals surface area contributed by atoms with Gasteiger partial charge in [-0.2, -0.15) is 0 Å². The summed E-state index contributed by atoms with van der Waals surface area (Å²) in [5.41, 5.74) is 1.70. The molecule has 2 aromatic carbocycles. The fraction of sp³-hybridized carbons (Fsp3) is 0.350. The summed E-state index contributed by atoms with van der Waals surface area (Å²) in [6, 6.07) is 16.2. The zero-order valence-corrected chi connectivity index (χ0v) is 13.2. The summed E-state index contributed by atoms with van der Waals surface area (Å²) in [5.74, 6) is -0.311. The van der Waals surface area contributed by atoms with Crippen LogP contribution in [-0.4, -0.2) is 16.8 Å². The second-order valence-electron chi connectivity index (χ2n) is 6.22. The number of amides is 1. The Morgan fingerprint density at radius 1 is 0.957 bits per heavy atom. The van der Waals surface area contributed by atoms with Gasteiger partial charge in [0.05, 0.1) is 0 Å². The molecule has 23 heavy (non-hydrogen) atoms. The standard InChI is InChI=1S/C20H22FNO/c21-18-13-11-17(12-14-18)20(23)22(19-9-5-2-6-10-19)15-16-7-3-1-4-8-16/h1,3-4,7-8,11-14,19H,2,5-6,9-10,15H2. The van der Waals surface area contributed by atoms with Gasteiger partial charge in [0, 0.05) is 18.2 Å². The second kappa shape index (κ2) is 7.40. The van der Waals surface area contributed by atoms with Crippen LogP contribution < -0.4 is 0 Å². The van der Waals surface area contributed by atoms with Crippen LogP contribution in [0, 0.1) is 5.82 Å². The number of benzene rings is 2. The molecule has 120 valence electrons. The molecule has 1 amide bonds. The zero-order valence-electron chi connectivity index (χ0n) is 13.2. The predicted molar refractivity (Wildman–Crippen MR) is 89.6 cm³/mol. The van der Waals surface area contributed by atoms with E-state index in [0.29, 0.717) is 12.1 Å². The SMILES string of the molecule is O=C(c1ccc(F)cc1)N(Cc1ccccc1)C1CCCCC1. The maximum Gasteiger partial charge on any atom is 0.254 e. The first-order valence-electron chi connectivity index (χ1n) is 8.34. The van der Waals surface area contributed by atoms with Gasteiger partial charge in [0.25, 0.3) is 5.91 Å². The normalized spacial score (nSPS) is 15.3. The number of hydrogen-bond donors (Lipinski definition) is 0. The van der Waals surface area contributed by atoms with Crippen molar-refractivity contribution in [2.45, 2.75) is 44.7 Å². The van der Waals surface area contributed by atoms with Crippen molar-refractivity contribution in [1.82, 2.24) is 4.90 Å². The molecule has 0 N–H and O–H groups in total. The van der Waals surface area contributed by atoms with Crippen LogP contribution in [-0.2, 0) is 6.54 Å². The molecule has 0 aliphatic heterocycles. The van der Waals surface area contributed by atoms with E-state index in [4.69, 9.17) is 0 Å². The van der Waals surface area contributed by atoms with Crippen LogP contribution in [0.5, 0.6) is 0 Å². The summed E-state index contributed by atoms with van der Waals surface area (Å²) in [5, 5.41) is 0. The van der Waals surface area contributed by atoms with E-state index in [0.717, 1.165) is 18.4 Å². The number of nitrogens with zero attached hydrogens (tertiary/aromatic N) is 1. The van der Waals surface area contributed by atoms with E-state index in [1.807, 2.05) is 35.2 Å². The van der Waals surface area contributed by atoms with Crippen molar-refractivity contribution in [2.75, 3.05) is 0 Å². The summed E-state index contributed by atoms with van der Waals surface area (Å²) in [4.78, 5) is 14.9. The van der Waals surface area contributed by atoms with Gasteiger partial charge < -0.3 is 4.90 Å². The molecule has 0 atom stereocenters. The van der Waals surface area contributed by atoms with Gasteiger partial charge in [-0.05, 0) is 42.7 Å². The molecule has 0 heterocycles. The molecular weight excluding hydrogens is 289 g/mol. The highest BCUT2D eigenvalue weighted by Crippen LogP contribution is 2.25. The summed E-state index contributed by atoms with van der Waals surface area (Å²) in [7, 11) is 0. The lowest BCUT2D eigenvalue weighted by molar-refractivity contribution is 0.0614. The Morgan fingerprint density at radius 2 is 1.61 bits per heavy atom. The maximum atomic E-state index is 13.1. The van der Waals surface area contributed by atoms with Crippen LogP contribution in [0.1, 0.15) is 48.0 Å². The minimum atomic E-state index is -0.311. The molecule has 0 unspecified atom stereocenters. The molecule has 0 aromatic heterocycles. The van der Waals surface area contributed by atoms with E-state index in [1.165, 1.54) is 31.4 Å². The Labute approximate surface area is 136 Å². The van der Waals surface area contributed by atoms with Crippen LogP contribution in [0.3, 0.4) is 0 Å². The Morgan fingerprint density at radius 3 is 2.26 bits per heavy atom. The molecule has 1 aliphatic carbocycles. The average molecular weight is 311 g/mol. The highest BCUT2D eigenvalue weighted by molar-refractivity contribution is 5.94. The molecule has 3 rings (SSSR count). The van der Waals surface area contributed by atoms with Crippen molar-refractivity contribution in [1.29, 1.82) is 0 Å². The van der Waals surface area contributed by atoms with E-state index >= 15 is 0 Å². The minimum absolute atomic E-state index is 0.000697.